The van der Waals surface area contributed by atoms with Crippen molar-refractivity contribution in [2.24, 2.45) is 5.92 Å². The molecule has 2 aromatic carbocycles. The maximum absolute atomic E-state index is 13.0. The average Bonchev–Trinajstić information content (AvgIpc) is 3.14. The van der Waals surface area contributed by atoms with Crippen LogP contribution in [0.4, 0.5) is 32.0 Å². The van der Waals surface area contributed by atoms with Gasteiger partial charge < -0.3 is 10.4 Å². The first kappa shape index (κ1) is 27.0. The molecular formula is C22H22F6N2O4S. The number of fused-ring (bicyclic) bond motifs is 1. The second-order valence-corrected chi connectivity index (χ2v) is 10.7. The van der Waals surface area contributed by atoms with E-state index in [4.69, 9.17) is 0 Å². The molecule has 1 heterocycles. The predicted octanol–water partition coefficient (Wildman–Crippen LogP) is 4.21. The van der Waals surface area contributed by atoms with Crippen molar-refractivity contribution in [3.8, 4) is 0 Å². The van der Waals surface area contributed by atoms with Crippen LogP contribution in [-0.4, -0.2) is 37.5 Å². The second kappa shape index (κ2) is 9.10. The Morgan fingerprint density at radius 1 is 1.06 bits per heavy atom. The standard InChI is InChI=1S/C22H22F6N2O4S/c1-12(2)11-35(33,34)16-7-8-17-13(9-16)10-29-18(17)19(31)30-15-5-3-14(4-6-15)20(32,21(23,24)25)22(26,27)28/h3-9,12,18,29,32H,10-11H2,1-2H3,(H,30,31). The van der Waals surface area contributed by atoms with Gasteiger partial charge in [0.1, 0.15) is 6.04 Å². The molecule has 1 aliphatic rings. The summed E-state index contributed by atoms with van der Waals surface area (Å²) in [7, 11) is -3.51. The van der Waals surface area contributed by atoms with Gasteiger partial charge in [0.05, 0.1) is 10.6 Å². The summed E-state index contributed by atoms with van der Waals surface area (Å²) in [6.07, 6.45) is -12.0. The Balaban J connectivity index is 1.79. The fourth-order valence-electron chi connectivity index (χ4n) is 3.80. The molecule has 3 rings (SSSR count). The quantitative estimate of drug-likeness (QED) is 0.492. The van der Waals surface area contributed by atoms with Crippen LogP contribution >= 0.6 is 0 Å². The fraction of sp³-hybridized carbons (Fsp3) is 0.409. The summed E-state index contributed by atoms with van der Waals surface area (Å²) in [6.45, 7) is 3.72. The highest BCUT2D eigenvalue weighted by molar-refractivity contribution is 7.91. The third kappa shape index (κ3) is 5.16. The average molecular weight is 524 g/mol. The van der Waals surface area contributed by atoms with Gasteiger partial charge in [-0.15, -0.1) is 0 Å². The third-order valence-corrected chi connectivity index (χ3v) is 7.56. The van der Waals surface area contributed by atoms with E-state index in [1.807, 2.05) is 0 Å². The molecule has 0 spiro atoms. The summed E-state index contributed by atoms with van der Waals surface area (Å²) in [6, 6.07) is 5.90. The van der Waals surface area contributed by atoms with E-state index in [0.717, 1.165) is 12.1 Å². The Hall–Kier alpha value is -2.64. The fourth-order valence-corrected chi connectivity index (χ4v) is 5.47. The Kier molecular flexibility index (Phi) is 7.01. The number of rotatable bonds is 6. The molecule has 0 aromatic heterocycles. The number of aliphatic hydroxyl groups is 1. The molecular weight excluding hydrogens is 502 g/mol. The summed E-state index contributed by atoms with van der Waals surface area (Å²) in [5.41, 5.74) is -5.55. The first-order valence-electron chi connectivity index (χ1n) is 10.3. The van der Waals surface area contributed by atoms with Gasteiger partial charge in [0.25, 0.3) is 5.60 Å². The molecule has 13 heteroatoms. The van der Waals surface area contributed by atoms with Gasteiger partial charge in [0, 0.05) is 17.8 Å². The number of nitrogens with one attached hydrogen (secondary N) is 2. The number of amides is 1. The maximum Gasteiger partial charge on any atom is 0.430 e. The van der Waals surface area contributed by atoms with E-state index in [-0.39, 0.29) is 28.8 Å². The number of sulfone groups is 1. The second-order valence-electron chi connectivity index (χ2n) is 8.62. The zero-order valence-corrected chi connectivity index (χ0v) is 19.3. The molecule has 6 nitrogen and oxygen atoms in total. The van der Waals surface area contributed by atoms with Gasteiger partial charge in [-0.2, -0.15) is 26.3 Å². The number of carbonyl (C=O) groups is 1. The molecule has 3 N–H and O–H groups in total. The molecule has 35 heavy (non-hydrogen) atoms. The number of benzene rings is 2. The molecule has 0 radical (unpaired) electrons. The first-order chi connectivity index (χ1) is 16.0. The topological polar surface area (TPSA) is 95.5 Å². The Morgan fingerprint density at radius 3 is 2.14 bits per heavy atom. The number of anilines is 1. The normalized spacial score (nSPS) is 16.9. The summed E-state index contributed by atoms with van der Waals surface area (Å²) in [5, 5.41) is 14.7. The first-order valence-corrected chi connectivity index (χ1v) is 12.0. The highest BCUT2D eigenvalue weighted by Crippen LogP contribution is 2.50. The zero-order chi connectivity index (χ0) is 26.4. The monoisotopic (exact) mass is 524 g/mol. The number of hydrogen-bond donors (Lipinski definition) is 3. The smallest absolute Gasteiger partial charge is 0.369 e. The lowest BCUT2D eigenvalue weighted by Crippen LogP contribution is -2.53. The van der Waals surface area contributed by atoms with Crippen LogP contribution in [0.5, 0.6) is 0 Å². The molecule has 0 fully saturated rings. The highest BCUT2D eigenvalue weighted by Gasteiger charge is 2.71. The van der Waals surface area contributed by atoms with Crippen molar-refractivity contribution in [3.63, 3.8) is 0 Å². The van der Waals surface area contributed by atoms with Crippen LogP contribution in [0.25, 0.3) is 0 Å². The van der Waals surface area contributed by atoms with Gasteiger partial charge >= 0.3 is 12.4 Å². The van der Waals surface area contributed by atoms with Crippen molar-refractivity contribution < 1.29 is 44.7 Å². The summed E-state index contributed by atoms with van der Waals surface area (Å²) in [4.78, 5) is 12.8. The van der Waals surface area contributed by atoms with Gasteiger partial charge in [-0.25, -0.2) is 8.42 Å². The van der Waals surface area contributed by atoms with Crippen LogP contribution in [-0.2, 0) is 26.8 Å². The van der Waals surface area contributed by atoms with Crippen LogP contribution in [0.2, 0.25) is 0 Å². The van der Waals surface area contributed by atoms with Crippen molar-refractivity contribution in [2.45, 2.75) is 49.3 Å². The van der Waals surface area contributed by atoms with Gasteiger partial charge in [0.2, 0.25) is 5.91 Å². The molecule has 1 amide bonds. The van der Waals surface area contributed by atoms with Crippen LogP contribution in [0.3, 0.4) is 0 Å². The lowest BCUT2D eigenvalue weighted by atomic mass is 9.92. The minimum absolute atomic E-state index is 0.0447. The summed E-state index contributed by atoms with van der Waals surface area (Å²) >= 11 is 0. The van der Waals surface area contributed by atoms with Crippen LogP contribution in [0, 0.1) is 5.92 Å². The minimum Gasteiger partial charge on any atom is -0.369 e. The van der Waals surface area contributed by atoms with Gasteiger partial charge in [-0.1, -0.05) is 32.0 Å². The SMILES string of the molecule is CC(C)CS(=O)(=O)c1ccc2c(c1)CNC2C(=O)Nc1ccc(C(O)(C(F)(F)F)C(F)(F)F)cc1. The van der Waals surface area contributed by atoms with Gasteiger partial charge in [-0.05, 0) is 41.3 Å². The van der Waals surface area contributed by atoms with Crippen molar-refractivity contribution in [2.75, 3.05) is 11.1 Å². The maximum atomic E-state index is 13.0. The summed E-state index contributed by atoms with van der Waals surface area (Å²) in [5.74, 6) is -0.785. The van der Waals surface area contributed by atoms with E-state index < -0.39 is 45.3 Å². The lowest BCUT2D eigenvalue weighted by Gasteiger charge is -2.32. The number of carbonyl (C=O) groups excluding carboxylic acids is 1. The van der Waals surface area contributed by atoms with E-state index in [1.165, 1.54) is 18.2 Å². The van der Waals surface area contributed by atoms with Gasteiger partial charge in [-0.3, -0.25) is 10.1 Å². The molecule has 0 aliphatic carbocycles. The number of alkyl halides is 6. The predicted molar refractivity (Wildman–Crippen MR) is 114 cm³/mol. The number of hydrogen-bond acceptors (Lipinski definition) is 5. The van der Waals surface area contributed by atoms with E-state index in [2.05, 4.69) is 10.6 Å². The molecule has 0 saturated carbocycles. The van der Waals surface area contributed by atoms with Crippen molar-refractivity contribution in [3.05, 3.63) is 59.2 Å². The number of halogens is 6. The van der Waals surface area contributed by atoms with E-state index >= 15 is 0 Å². The Labute approximate surface area is 197 Å². The molecule has 2 aromatic rings. The zero-order valence-electron chi connectivity index (χ0n) is 18.5. The van der Waals surface area contributed by atoms with E-state index in [0.29, 0.717) is 23.3 Å². The van der Waals surface area contributed by atoms with Crippen LogP contribution < -0.4 is 10.6 Å². The van der Waals surface area contributed by atoms with Crippen molar-refractivity contribution >= 4 is 21.4 Å². The highest BCUT2D eigenvalue weighted by atomic mass is 32.2. The molecule has 0 bridgehead atoms. The van der Waals surface area contributed by atoms with Crippen molar-refractivity contribution in [1.82, 2.24) is 5.32 Å². The van der Waals surface area contributed by atoms with Crippen molar-refractivity contribution in [1.29, 1.82) is 0 Å². The molecule has 192 valence electrons. The molecule has 1 aliphatic heterocycles. The molecule has 1 atom stereocenters. The van der Waals surface area contributed by atoms with E-state index in [9.17, 15) is 44.7 Å². The lowest BCUT2D eigenvalue weighted by molar-refractivity contribution is -0.376. The van der Waals surface area contributed by atoms with E-state index in [1.54, 1.807) is 13.8 Å². The van der Waals surface area contributed by atoms with Gasteiger partial charge in [0.15, 0.2) is 9.84 Å². The third-order valence-electron chi connectivity index (χ3n) is 5.49. The Bertz CT molecular complexity index is 1190. The minimum atomic E-state index is -6.02. The molecule has 1 unspecified atom stereocenters. The molecule has 0 saturated heterocycles. The van der Waals surface area contributed by atoms with Crippen LogP contribution in [0.15, 0.2) is 47.4 Å². The van der Waals surface area contributed by atoms with Crippen LogP contribution in [0.1, 0.15) is 36.6 Å². The summed E-state index contributed by atoms with van der Waals surface area (Å²) < 4.78 is 103. The largest absolute Gasteiger partial charge is 0.430 e. The Morgan fingerprint density at radius 2 is 1.63 bits per heavy atom.